The van der Waals surface area contributed by atoms with Crippen molar-refractivity contribution in [3.8, 4) is 5.88 Å². The maximum atomic E-state index is 13.1. The molecule has 3 heterocycles. The standard InChI is InChI=1S/C20H19ClF3N3O2/c1-11-2-4-16(21)18(26-11)19(28)27-9-13-6-12(13)7-15(27)10-29-17-5-3-14(8-25-17)20(22,23)24/h2-5,8,12-13,15H,6-7,9-10H2,1H3. The number of aryl methyl sites for hydroxylation is 1. The fourth-order valence-corrected chi connectivity index (χ4v) is 3.93. The van der Waals surface area contributed by atoms with Gasteiger partial charge in [-0.2, -0.15) is 13.2 Å². The topological polar surface area (TPSA) is 55.3 Å². The summed E-state index contributed by atoms with van der Waals surface area (Å²) in [5.74, 6) is 0.866. The summed E-state index contributed by atoms with van der Waals surface area (Å²) in [5, 5.41) is 0.294. The molecule has 2 aliphatic rings. The van der Waals surface area contributed by atoms with Crippen LogP contribution in [0, 0.1) is 18.8 Å². The minimum absolute atomic E-state index is 0.0926. The first kappa shape index (κ1) is 19.9. The second kappa shape index (κ2) is 7.48. The van der Waals surface area contributed by atoms with Crippen LogP contribution in [0.25, 0.3) is 0 Å². The molecule has 2 fully saturated rings. The van der Waals surface area contributed by atoms with E-state index in [4.69, 9.17) is 16.3 Å². The van der Waals surface area contributed by atoms with Gasteiger partial charge in [0, 0.05) is 24.5 Å². The molecule has 154 valence electrons. The number of carbonyl (C=O) groups is 1. The number of amides is 1. The number of halogens is 4. The van der Waals surface area contributed by atoms with E-state index >= 15 is 0 Å². The average Bonchev–Trinajstić information content (AvgIpc) is 3.45. The van der Waals surface area contributed by atoms with Gasteiger partial charge in [0.25, 0.3) is 5.91 Å². The number of piperidine rings is 1. The van der Waals surface area contributed by atoms with Gasteiger partial charge in [-0.15, -0.1) is 0 Å². The number of carbonyl (C=O) groups excluding carboxylic acids is 1. The Kier molecular flexibility index (Phi) is 5.14. The number of alkyl halides is 3. The molecule has 0 spiro atoms. The summed E-state index contributed by atoms with van der Waals surface area (Å²) in [5.41, 5.74) is 0.0736. The zero-order chi connectivity index (χ0) is 20.8. The van der Waals surface area contributed by atoms with Crippen LogP contribution in [0.1, 0.15) is 34.6 Å². The Labute approximate surface area is 170 Å². The quantitative estimate of drug-likeness (QED) is 0.729. The Hall–Kier alpha value is -2.35. The second-order valence-electron chi connectivity index (χ2n) is 7.58. The van der Waals surface area contributed by atoms with Crippen LogP contribution in [0.15, 0.2) is 30.5 Å². The minimum Gasteiger partial charge on any atom is -0.475 e. The maximum absolute atomic E-state index is 13.1. The monoisotopic (exact) mass is 425 g/mol. The van der Waals surface area contributed by atoms with Gasteiger partial charge in [0.1, 0.15) is 12.3 Å². The first-order valence-corrected chi connectivity index (χ1v) is 9.70. The van der Waals surface area contributed by atoms with Crippen molar-refractivity contribution in [2.45, 2.75) is 32.0 Å². The molecule has 2 aromatic heterocycles. The van der Waals surface area contributed by atoms with Crippen molar-refractivity contribution in [2.75, 3.05) is 13.2 Å². The number of hydrogen-bond acceptors (Lipinski definition) is 4. The molecule has 0 radical (unpaired) electrons. The van der Waals surface area contributed by atoms with E-state index in [1.54, 1.807) is 24.0 Å². The fourth-order valence-electron chi connectivity index (χ4n) is 3.75. The van der Waals surface area contributed by atoms with E-state index in [0.29, 0.717) is 29.1 Å². The number of ether oxygens (including phenoxy) is 1. The highest BCUT2D eigenvalue weighted by atomic mass is 35.5. The Morgan fingerprint density at radius 2 is 2.03 bits per heavy atom. The van der Waals surface area contributed by atoms with E-state index in [2.05, 4.69) is 9.97 Å². The zero-order valence-electron chi connectivity index (χ0n) is 15.6. The molecule has 3 atom stereocenters. The van der Waals surface area contributed by atoms with Gasteiger partial charge in [-0.1, -0.05) is 11.6 Å². The summed E-state index contributed by atoms with van der Waals surface area (Å²) in [6.45, 7) is 2.54. The normalized spacial score (nSPS) is 23.5. The lowest BCUT2D eigenvalue weighted by Gasteiger charge is -2.35. The lowest BCUT2D eigenvalue weighted by molar-refractivity contribution is -0.137. The molecular weight excluding hydrogens is 407 g/mol. The summed E-state index contributed by atoms with van der Waals surface area (Å²) >= 11 is 6.19. The highest BCUT2D eigenvalue weighted by Gasteiger charge is 2.47. The van der Waals surface area contributed by atoms with E-state index in [1.165, 1.54) is 6.07 Å². The van der Waals surface area contributed by atoms with Gasteiger partial charge in [0.05, 0.1) is 16.6 Å². The Morgan fingerprint density at radius 3 is 2.72 bits per heavy atom. The third-order valence-electron chi connectivity index (χ3n) is 5.45. The van der Waals surface area contributed by atoms with E-state index in [1.807, 2.05) is 0 Å². The molecule has 1 saturated carbocycles. The number of fused-ring (bicyclic) bond motifs is 1. The molecule has 1 aliphatic heterocycles. The molecule has 29 heavy (non-hydrogen) atoms. The Bertz CT molecular complexity index is 920. The van der Waals surface area contributed by atoms with Crippen molar-refractivity contribution < 1.29 is 22.7 Å². The molecule has 1 aliphatic carbocycles. The molecule has 1 saturated heterocycles. The van der Waals surface area contributed by atoms with Gasteiger partial charge in [0.2, 0.25) is 5.88 Å². The average molecular weight is 426 g/mol. The van der Waals surface area contributed by atoms with E-state index < -0.39 is 11.7 Å². The van der Waals surface area contributed by atoms with E-state index in [-0.39, 0.29) is 30.1 Å². The minimum atomic E-state index is -4.45. The summed E-state index contributed by atoms with van der Waals surface area (Å²) in [7, 11) is 0. The SMILES string of the molecule is Cc1ccc(Cl)c(C(=O)N2CC3CC3CC2COc2ccc(C(F)(F)F)cn2)n1. The lowest BCUT2D eigenvalue weighted by atomic mass is 10.0. The van der Waals surface area contributed by atoms with Crippen LogP contribution in [-0.4, -0.2) is 40.0 Å². The smallest absolute Gasteiger partial charge is 0.417 e. The van der Waals surface area contributed by atoms with Crippen molar-refractivity contribution >= 4 is 17.5 Å². The molecule has 1 amide bonds. The van der Waals surface area contributed by atoms with Crippen LogP contribution in [0.2, 0.25) is 5.02 Å². The van der Waals surface area contributed by atoms with Gasteiger partial charge < -0.3 is 9.64 Å². The highest BCUT2D eigenvalue weighted by molar-refractivity contribution is 6.33. The zero-order valence-corrected chi connectivity index (χ0v) is 16.4. The predicted octanol–water partition coefficient (Wildman–Crippen LogP) is 4.39. The number of rotatable bonds is 4. The number of nitrogens with zero attached hydrogens (tertiary/aromatic N) is 3. The third kappa shape index (κ3) is 4.32. The number of likely N-dealkylation sites (tertiary alicyclic amines) is 1. The molecule has 9 heteroatoms. The van der Waals surface area contributed by atoms with Gasteiger partial charge in [-0.25, -0.2) is 9.97 Å². The van der Waals surface area contributed by atoms with Gasteiger partial charge in [-0.05, 0) is 49.8 Å². The second-order valence-corrected chi connectivity index (χ2v) is 7.99. The van der Waals surface area contributed by atoms with Crippen LogP contribution >= 0.6 is 11.6 Å². The fraction of sp³-hybridized carbons (Fsp3) is 0.450. The van der Waals surface area contributed by atoms with Crippen LogP contribution < -0.4 is 4.74 Å². The molecule has 4 rings (SSSR count). The number of pyridine rings is 2. The molecule has 3 unspecified atom stereocenters. The first-order valence-electron chi connectivity index (χ1n) is 9.32. The number of aromatic nitrogens is 2. The van der Waals surface area contributed by atoms with Gasteiger partial charge in [-0.3, -0.25) is 4.79 Å². The Morgan fingerprint density at radius 1 is 1.24 bits per heavy atom. The van der Waals surface area contributed by atoms with Crippen molar-refractivity contribution in [2.24, 2.45) is 11.8 Å². The number of hydrogen-bond donors (Lipinski definition) is 0. The summed E-state index contributed by atoms with van der Waals surface area (Å²) in [6.07, 6.45) is -1.86. The lowest BCUT2D eigenvalue weighted by Crippen LogP contribution is -2.48. The Balaban J connectivity index is 1.48. The summed E-state index contributed by atoms with van der Waals surface area (Å²) < 4.78 is 43.6. The predicted molar refractivity (Wildman–Crippen MR) is 99.8 cm³/mol. The maximum Gasteiger partial charge on any atom is 0.417 e. The summed E-state index contributed by atoms with van der Waals surface area (Å²) in [4.78, 5) is 22.8. The first-order chi connectivity index (χ1) is 13.7. The molecule has 0 N–H and O–H groups in total. The molecule has 5 nitrogen and oxygen atoms in total. The van der Waals surface area contributed by atoms with Crippen LogP contribution in [0.3, 0.4) is 0 Å². The highest BCUT2D eigenvalue weighted by Crippen LogP contribution is 2.47. The van der Waals surface area contributed by atoms with Gasteiger partial charge in [0.15, 0.2) is 0 Å². The van der Waals surface area contributed by atoms with Gasteiger partial charge >= 0.3 is 6.18 Å². The molecule has 0 bridgehead atoms. The third-order valence-corrected chi connectivity index (χ3v) is 5.76. The molecule has 2 aromatic rings. The van der Waals surface area contributed by atoms with E-state index in [0.717, 1.165) is 25.1 Å². The summed E-state index contributed by atoms with van der Waals surface area (Å²) in [6, 6.07) is 5.30. The molecular formula is C20H19ClF3N3O2. The van der Waals surface area contributed by atoms with Crippen molar-refractivity contribution in [3.63, 3.8) is 0 Å². The van der Waals surface area contributed by atoms with Crippen LogP contribution in [0.4, 0.5) is 13.2 Å². The largest absolute Gasteiger partial charge is 0.475 e. The van der Waals surface area contributed by atoms with Crippen LogP contribution in [0.5, 0.6) is 5.88 Å². The van der Waals surface area contributed by atoms with Crippen LogP contribution in [-0.2, 0) is 6.18 Å². The van der Waals surface area contributed by atoms with E-state index in [9.17, 15) is 18.0 Å². The van der Waals surface area contributed by atoms with Crippen molar-refractivity contribution in [3.05, 3.63) is 52.4 Å². The van der Waals surface area contributed by atoms with Crippen molar-refractivity contribution in [1.29, 1.82) is 0 Å². The molecule has 0 aromatic carbocycles. The van der Waals surface area contributed by atoms with Crippen molar-refractivity contribution in [1.82, 2.24) is 14.9 Å².